The van der Waals surface area contributed by atoms with Crippen LogP contribution >= 0.6 is 34.8 Å². The molecule has 0 radical (unpaired) electrons. The molecule has 6 aromatic carbocycles. The van der Waals surface area contributed by atoms with E-state index in [0.29, 0.717) is 90.4 Å². The van der Waals surface area contributed by atoms with Gasteiger partial charge in [0.1, 0.15) is 17.5 Å². The lowest BCUT2D eigenvalue weighted by molar-refractivity contribution is 0.122. The van der Waals surface area contributed by atoms with Gasteiger partial charge in [-0.2, -0.15) is 44.9 Å². The van der Waals surface area contributed by atoms with E-state index in [0.717, 1.165) is 188 Å². The summed E-state index contributed by atoms with van der Waals surface area (Å²) in [4.78, 5) is 62.3. The number of ether oxygens (including phenoxy) is 3. The third-order valence-electron chi connectivity index (χ3n) is 17.9. The van der Waals surface area contributed by atoms with Crippen molar-refractivity contribution in [3.63, 3.8) is 0 Å². The van der Waals surface area contributed by atoms with E-state index in [9.17, 15) is 0 Å². The first kappa shape index (κ1) is 73.8. The Morgan fingerprint density at radius 2 is 0.660 bits per heavy atom. The molecular formula is C79H86Cl3N21O3. The number of nitrogens with one attached hydrogen (secondary N) is 6. The zero-order chi connectivity index (χ0) is 72.8. The predicted octanol–water partition coefficient (Wildman–Crippen LogP) is 15.3. The molecule has 6 aromatic heterocycles. The first-order chi connectivity index (χ1) is 51.9. The van der Waals surface area contributed by atoms with Crippen molar-refractivity contribution in [2.45, 2.75) is 65.7 Å². The normalized spacial score (nSPS) is 13.7. The van der Waals surface area contributed by atoms with Crippen LogP contribution in [-0.4, -0.2) is 158 Å². The van der Waals surface area contributed by atoms with Crippen molar-refractivity contribution >= 4 is 137 Å². The van der Waals surface area contributed by atoms with Gasteiger partial charge in [-0.15, -0.1) is 0 Å². The van der Waals surface area contributed by atoms with Crippen LogP contribution in [0.4, 0.5) is 69.8 Å². The molecule has 0 atom stereocenters. The van der Waals surface area contributed by atoms with Gasteiger partial charge in [0, 0.05) is 162 Å². The van der Waals surface area contributed by atoms with Gasteiger partial charge >= 0.3 is 0 Å². The Balaban J connectivity index is 0.000000141. The number of fused-ring (bicyclic) bond motifs is 3. The second-order valence-corrected chi connectivity index (χ2v) is 27.0. The van der Waals surface area contributed by atoms with Crippen LogP contribution in [-0.2, 0) is 39.9 Å². The largest absolute Gasteiger partial charge is 0.384 e. The van der Waals surface area contributed by atoms with Gasteiger partial charge in [-0.1, -0.05) is 89.3 Å². The number of aromatic nitrogens is 12. The highest BCUT2D eigenvalue weighted by Crippen LogP contribution is 2.29. The SMILES string of the molecule is CCc1ccc(Nc2nc(CCCNc3ccnc4cc(Cl)ccc34)nc(N3CCOCC3)n2)cc1.Cc1ccc(Nc2nc(CCCNc3ccnc4cc(Cl)ccc34)nc(N3CCOCC3)n2)cc1.Cc1ccc(Nc2nc(CCCNc3ccnc4cc(Cl)ccc34)nc(N3CCOCC3)n2)cc1. The molecule has 0 spiro atoms. The third kappa shape index (κ3) is 20.9. The summed E-state index contributed by atoms with van der Waals surface area (Å²) in [5.74, 6) is 6.07. The summed E-state index contributed by atoms with van der Waals surface area (Å²) in [5.41, 5.74) is 12.3. The minimum Gasteiger partial charge on any atom is -0.384 e. The summed E-state index contributed by atoms with van der Waals surface area (Å²) >= 11 is 18.3. The maximum absolute atomic E-state index is 6.12. The fourth-order valence-electron chi connectivity index (χ4n) is 12.2. The van der Waals surface area contributed by atoms with E-state index in [1.165, 1.54) is 16.7 Å². The van der Waals surface area contributed by atoms with Crippen molar-refractivity contribution in [3.05, 3.63) is 213 Å². The van der Waals surface area contributed by atoms with Gasteiger partial charge in [-0.25, -0.2) is 0 Å². The lowest BCUT2D eigenvalue weighted by atomic mass is 10.1. The third-order valence-corrected chi connectivity index (χ3v) is 18.6. The number of aryl methyl sites for hydroxylation is 6. The molecule has 0 unspecified atom stereocenters. The maximum atomic E-state index is 6.12. The van der Waals surface area contributed by atoms with E-state index in [1.54, 1.807) is 18.6 Å². The molecule has 0 bridgehead atoms. The summed E-state index contributed by atoms with van der Waals surface area (Å²) in [6.07, 6.45) is 11.2. The van der Waals surface area contributed by atoms with E-state index in [2.05, 4.69) is 131 Å². The highest BCUT2D eigenvalue weighted by molar-refractivity contribution is 6.32. The van der Waals surface area contributed by atoms with Crippen LogP contribution in [0.3, 0.4) is 0 Å². The standard InChI is InChI=1S/C27H30ClN7O.2C26H28ClN7O/c1-2-19-5-8-21(9-6-19)31-26-32-25(33-27(34-26)35-14-16-36-17-15-35)4-3-12-29-23-11-13-30-24-18-20(28)7-10-22(23)24;2*1-18-4-7-20(8-5-18)30-25-31-24(32-26(33-25)34-13-15-35-16-14-34)3-2-11-28-22-10-12-29-23-17-19(27)6-9-21(22)23/h5-11,13,18H,2-4,12,14-17H2,1H3,(H,29,30)(H,31,32,33,34);2*4-10,12,17H,2-3,11,13-16H2,1H3,(H,28,29)(H,30,31,32,33). The smallest absolute Gasteiger partial charge is 0.232 e. The van der Waals surface area contributed by atoms with E-state index >= 15 is 0 Å². The number of morpholine rings is 3. The van der Waals surface area contributed by atoms with Crippen LogP contribution in [0.1, 0.15) is 60.3 Å². The topological polar surface area (TPSA) is 264 Å². The number of hydrogen-bond donors (Lipinski definition) is 6. The molecule has 3 aliphatic rings. The van der Waals surface area contributed by atoms with E-state index < -0.39 is 0 Å². The van der Waals surface area contributed by atoms with E-state index in [4.69, 9.17) is 93.9 Å². The molecule has 15 rings (SSSR count). The first-order valence-corrected chi connectivity index (χ1v) is 37.2. The minimum absolute atomic E-state index is 0.560. The quantitative estimate of drug-likeness (QED) is 0.0290. The molecule has 24 nitrogen and oxygen atoms in total. The molecule has 0 aliphatic carbocycles. The lowest BCUT2D eigenvalue weighted by Crippen LogP contribution is -2.37. The van der Waals surface area contributed by atoms with Gasteiger partial charge in [0.25, 0.3) is 0 Å². The highest BCUT2D eigenvalue weighted by atomic mass is 35.5. The van der Waals surface area contributed by atoms with Crippen LogP contribution < -0.4 is 46.6 Å². The molecule has 546 valence electrons. The zero-order valence-electron chi connectivity index (χ0n) is 59.7. The molecule has 9 heterocycles. The van der Waals surface area contributed by atoms with Crippen LogP contribution in [0.25, 0.3) is 32.7 Å². The summed E-state index contributed by atoms with van der Waals surface area (Å²) < 4.78 is 16.5. The molecule has 6 N–H and O–H groups in total. The van der Waals surface area contributed by atoms with Gasteiger partial charge < -0.3 is 60.8 Å². The molecular weight excluding hydrogens is 1400 g/mol. The number of nitrogens with zero attached hydrogens (tertiary/aromatic N) is 15. The van der Waals surface area contributed by atoms with Crippen molar-refractivity contribution in [3.8, 4) is 0 Å². The highest BCUT2D eigenvalue weighted by Gasteiger charge is 2.21. The Bertz CT molecular complexity index is 4660. The van der Waals surface area contributed by atoms with Crippen LogP contribution in [0, 0.1) is 13.8 Å². The molecule has 106 heavy (non-hydrogen) atoms. The summed E-state index contributed by atoms with van der Waals surface area (Å²) in [7, 11) is 0. The number of anilines is 12. The molecule has 0 amide bonds. The number of halogens is 3. The van der Waals surface area contributed by atoms with Crippen LogP contribution in [0.2, 0.25) is 15.1 Å². The van der Waals surface area contributed by atoms with Gasteiger partial charge in [0.15, 0.2) is 0 Å². The molecule has 3 saturated heterocycles. The van der Waals surface area contributed by atoms with Crippen molar-refractivity contribution in [2.24, 2.45) is 0 Å². The lowest BCUT2D eigenvalue weighted by Gasteiger charge is -2.27. The maximum Gasteiger partial charge on any atom is 0.232 e. The molecule has 12 aromatic rings. The van der Waals surface area contributed by atoms with Gasteiger partial charge in [-0.05, 0) is 154 Å². The summed E-state index contributed by atoms with van der Waals surface area (Å²) in [6, 6.07) is 48.0. The van der Waals surface area contributed by atoms with Crippen LogP contribution in [0.15, 0.2) is 164 Å². The minimum atomic E-state index is 0.560. The Morgan fingerprint density at radius 3 is 0.962 bits per heavy atom. The van der Waals surface area contributed by atoms with Gasteiger partial charge in [-0.3, -0.25) is 15.0 Å². The first-order valence-electron chi connectivity index (χ1n) is 36.1. The number of hydrogen-bond acceptors (Lipinski definition) is 24. The Morgan fingerprint density at radius 1 is 0.358 bits per heavy atom. The Hall–Kier alpha value is -10.5. The summed E-state index contributed by atoms with van der Waals surface area (Å²) in [6.45, 7) is 17.3. The van der Waals surface area contributed by atoms with Crippen LogP contribution in [0.5, 0.6) is 0 Å². The fraction of sp³-hybridized carbons (Fsp3) is 0.316. The zero-order valence-corrected chi connectivity index (χ0v) is 62.0. The second kappa shape index (κ2) is 37.0. The molecule has 3 aliphatic heterocycles. The molecule has 3 fully saturated rings. The Labute approximate surface area is 632 Å². The van der Waals surface area contributed by atoms with Crippen molar-refractivity contribution in [1.29, 1.82) is 0 Å². The van der Waals surface area contributed by atoms with Gasteiger partial charge in [0.05, 0.1) is 56.2 Å². The fourth-order valence-corrected chi connectivity index (χ4v) is 12.7. The van der Waals surface area contributed by atoms with Crippen molar-refractivity contribution < 1.29 is 14.2 Å². The molecule has 0 saturated carbocycles. The van der Waals surface area contributed by atoms with Gasteiger partial charge in [0.2, 0.25) is 35.7 Å². The average molecular weight is 1480 g/mol. The summed E-state index contributed by atoms with van der Waals surface area (Å²) in [5, 5.41) is 25.8. The number of benzene rings is 6. The predicted molar refractivity (Wildman–Crippen MR) is 427 cm³/mol. The molecule has 27 heteroatoms. The number of pyridine rings is 3. The van der Waals surface area contributed by atoms with Crippen molar-refractivity contribution in [1.82, 2.24) is 59.8 Å². The monoisotopic (exact) mass is 1480 g/mol. The number of rotatable bonds is 25. The Kier molecular flexibility index (Phi) is 25.8. The van der Waals surface area contributed by atoms with E-state index in [1.807, 2.05) is 97.1 Å². The van der Waals surface area contributed by atoms with E-state index in [-0.39, 0.29) is 0 Å². The average Bonchev–Trinajstić information content (AvgIpc) is 0.841. The second-order valence-electron chi connectivity index (χ2n) is 25.7. The van der Waals surface area contributed by atoms with Crippen molar-refractivity contribution in [2.75, 3.05) is 145 Å².